The van der Waals surface area contributed by atoms with Crippen molar-refractivity contribution in [3.8, 4) is 0 Å². The van der Waals surface area contributed by atoms with E-state index in [1.807, 2.05) is 0 Å². The number of halogens is 3. The summed E-state index contributed by atoms with van der Waals surface area (Å²) < 4.78 is 34.2. The number of nitrogens with zero attached hydrogens (tertiary/aromatic N) is 3. The predicted molar refractivity (Wildman–Crippen MR) is 73.4 cm³/mol. The van der Waals surface area contributed by atoms with Crippen LogP contribution in [0.1, 0.15) is 18.7 Å². The minimum absolute atomic E-state index is 0.0203. The number of likely N-dealkylation sites (tertiary alicyclic amines) is 1. The van der Waals surface area contributed by atoms with Crippen LogP contribution in [0.25, 0.3) is 0 Å². The van der Waals surface area contributed by atoms with Crippen LogP contribution in [0.4, 0.5) is 8.78 Å². The van der Waals surface area contributed by atoms with Gasteiger partial charge in [-0.2, -0.15) is 8.78 Å². The lowest BCUT2D eigenvalue weighted by Gasteiger charge is -2.32. The number of ether oxygens (including phenoxy) is 1. The standard InChI is InChI=1S/C13H16ClF2N3O3/c1-18-9(14)7-17-11(18)13(15,16)12(21)19-5-3-8(4-6-19)10(20)22-2/h7-8H,3-6H2,1-2H3. The van der Waals surface area contributed by atoms with E-state index in [9.17, 15) is 18.4 Å². The Morgan fingerprint density at radius 3 is 2.45 bits per heavy atom. The molecule has 6 nitrogen and oxygen atoms in total. The van der Waals surface area contributed by atoms with Crippen LogP contribution in [0.15, 0.2) is 6.20 Å². The van der Waals surface area contributed by atoms with E-state index in [2.05, 4.69) is 9.72 Å². The molecule has 1 saturated heterocycles. The zero-order valence-electron chi connectivity index (χ0n) is 12.2. The van der Waals surface area contributed by atoms with Gasteiger partial charge in [0.1, 0.15) is 5.15 Å². The first-order chi connectivity index (χ1) is 10.3. The van der Waals surface area contributed by atoms with Gasteiger partial charge in [-0.05, 0) is 12.8 Å². The van der Waals surface area contributed by atoms with Crippen LogP contribution in [0.3, 0.4) is 0 Å². The number of carbonyl (C=O) groups excluding carboxylic acids is 2. The van der Waals surface area contributed by atoms with Crippen molar-refractivity contribution in [2.75, 3.05) is 20.2 Å². The molecule has 1 fully saturated rings. The number of imidazole rings is 1. The fourth-order valence-corrected chi connectivity index (χ4v) is 2.59. The molecule has 1 amide bonds. The molecule has 1 aliphatic heterocycles. The molecule has 0 N–H and O–H groups in total. The summed E-state index contributed by atoms with van der Waals surface area (Å²) in [6, 6.07) is 0. The minimum atomic E-state index is -3.76. The molecule has 0 spiro atoms. The molecule has 0 saturated carbocycles. The van der Waals surface area contributed by atoms with E-state index in [-0.39, 0.29) is 30.1 Å². The van der Waals surface area contributed by atoms with Gasteiger partial charge >= 0.3 is 17.8 Å². The number of hydrogen-bond donors (Lipinski definition) is 0. The average molecular weight is 336 g/mol. The van der Waals surface area contributed by atoms with Crippen LogP contribution in [-0.2, 0) is 27.3 Å². The monoisotopic (exact) mass is 335 g/mol. The van der Waals surface area contributed by atoms with Crippen molar-refractivity contribution in [2.24, 2.45) is 13.0 Å². The van der Waals surface area contributed by atoms with Crippen molar-refractivity contribution in [3.63, 3.8) is 0 Å². The molecule has 1 aromatic heterocycles. The third-order valence-corrected chi connectivity index (χ3v) is 4.15. The third kappa shape index (κ3) is 2.92. The third-order valence-electron chi connectivity index (χ3n) is 3.80. The highest BCUT2D eigenvalue weighted by atomic mass is 35.5. The van der Waals surface area contributed by atoms with Crippen LogP contribution in [-0.4, -0.2) is 46.5 Å². The molecule has 9 heteroatoms. The SMILES string of the molecule is COC(=O)C1CCN(C(=O)C(F)(F)c2ncc(Cl)n2C)CC1. The maximum absolute atomic E-state index is 14.3. The molecular weight excluding hydrogens is 320 g/mol. The first-order valence-corrected chi connectivity index (χ1v) is 7.09. The maximum atomic E-state index is 14.3. The van der Waals surface area contributed by atoms with Crippen LogP contribution in [0.2, 0.25) is 5.15 Å². The van der Waals surface area contributed by atoms with E-state index < -0.39 is 17.7 Å². The van der Waals surface area contributed by atoms with Gasteiger partial charge in [0.05, 0.1) is 19.2 Å². The predicted octanol–water partition coefficient (Wildman–Crippen LogP) is 1.58. The normalized spacial score (nSPS) is 16.7. The number of rotatable bonds is 3. The van der Waals surface area contributed by atoms with Gasteiger partial charge in [-0.3, -0.25) is 9.59 Å². The van der Waals surface area contributed by atoms with Crippen LogP contribution < -0.4 is 0 Å². The highest BCUT2D eigenvalue weighted by Gasteiger charge is 2.48. The molecule has 0 aliphatic carbocycles. The second kappa shape index (κ2) is 6.20. The molecule has 0 atom stereocenters. The van der Waals surface area contributed by atoms with Gasteiger partial charge in [-0.15, -0.1) is 0 Å². The lowest BCUT2D eigenvalue weighted by Crippen LogP contribution is -2.47. The summed E-state index contributed by atoms with van der Waals surface area (Å²) in [6.45, 7) is 0.151. The summed E-state index contributed by atoms with van der Waals surface area (Å²) in [7, 11) is 2.59. The van der Waals surface area contributed by atoms with Crippen LogP contribution in [0, 0.1) is 5.92 Å². The Balaban J connectivity index is 2.09. The fourth-order valence-electron chi connectivity index (χ4n) is 2.46. The Morgan fingerprint density at radius 2 is 2.00 bits per heavy atom. The number of esters is 1. The Hall–Kier alpha value is -1.70. The van der Waals surface area contributed by atoms with Crippen LogP contribution >= 0.6 is 11.6 Å². The van der Waals surface area contributed by atoms with Crippen LogP contribution in [0.5, 0.6) is 0 Å². The van der Waals surface area contributed by atoms with Crippen molar-refractivity contribution in [2.45, 2.75) is 18.8 Å². The second-order valence-corrected chi connectivity index (χ2v) is 5.51. The summed E-state index contributed by atoms with van der Waals surface area (Å²) >= 11 is 5.69. The molecule has 0 bridgehead atoms. The Bertz CT molecular complexity index is 583. The van der Waals surface area contributed by atoms with Crippen molar-refractivity contribution < 1.29 is 23.1 Å². The lowest BCUT2D eigenvalue weighted by molar-refractivity contribution is -0.164. The maximum Gasteiger partial charge on any atom is 0.381 e. The average Bonchev–Trinajstić information content (AvgIpc) is 2.86. The van der Waals surface area contributed by atoms with E-state index in [1.165, 1.54) is 14.2 Å². The lowest BCUT2D eigenvalue weighted by atomic mass is 9.96. The number of hydrogen-bond acceptors (Lipinski definition) is 4. The van der Waals surface area contributed by atoms with Crippen molar-refractivity contribution >= 4 is 23.5 Å². The Labute approximate surface area is 131 Å². The summed E-state index contributed by atoms with van der Waals surface area (Å²) in [5.74, 6) is -6.53. The second-order valence-electron chi connectivity index (χ2n) is 5.13. The number of piperidine rings is 1. The Kier molecular flexibility index (Phi) is 4.69. The number of methoxy groups -OCH3 is 1. The van der Waals surface area contributed by atoms with Gasteiger partial charge in [-0.1, -0.05) is 11.6 Å². The molecule has 122 valence electrons. The fraction of sp³-hybridized carbons (Fsp3) is 0.615. The molecule has 22 heavy (non-hydrogen) atoms. The zero-order chi connectivity index (χ0) is 16.5. The first-order valence-electron chi connectivity index (χ1n) is 6.71. The summed E-state index contributed by atoms with van der Waals surface area (Å²) in [4.78, 5) is 28.1. The number of alkyl halides is 2. The largest absolute Gasteiger partial charge is 0.469 e. The van der Waals surface area contributed by atoms with Gasteiger partial charge in [-0.25, -0.2) is 4.98 Å². The molecule has 1 aliphatic rings. The molecular formula is C13H16ClF2N3O3. The van der Waals surface area contributed by atoms with Gasteiger partial charge in [0.25, 0.3) is 0 Å². The van der Waals surface area contributed by atoms with E-state index in [0.717, 1.165) is 15.7 Å². The van der Waals surface area contributed by atoms with E-state index in [4.69, 9.17) is 11.6 Å². The number of amides is 1. The molecule has 0 radical (unpaired) electrons. The molecule has 0 unspecified atom stereocenters. The first kappa shape index (κ1) is 16.7. The summed E-state index contributed by atoms with van der Waals surface area (Å²) in [5, 5.41) is 0.0203. The number of carbonyl (C=O) groups is 2. The van der Waals surface area contributed by atoms with Gasteiger partial charge in [0, 0.05) is 20.1 Å². The smallest absolute Gasteiger partial charge is 0.381 e. The minimum Gasteiger partial charge on any atom is -0.469 e. The van der Waals surface area contributed by atoms with E-state index in [0.29, 0.717) is 12.8 Å². The molecule has 0 aromatic carbocycles. The van der Waals surface area contributed by atoms with E-state index >= 15 is 0 Å². The van der Waals surface area contributed by atoms with Gasteiger partial charge < -0.3 is 14.2 Å². The van der Waals surface area contributed by atoms with Crippen molar-refractivity contribution in [3.05, 3.63) is 17.2 Å². The number of aromatic nitrogens is 2. The summed E-state index contributed by atoms with van der Waals surface area (Å²) in [5.41, 5.74) is 0. The highest BCUT2D eigenvalue weighted by molar-refractivity contribution is 6.29. The Morgan fingerprint density at radius 1 is 1.41 bits per heavy atom. The topological polar surface area (TPSA) is 64.4 Å². The quantitative estimate of drug-likeness (QED) is 0.787. The molecule has 2 rings (SSSR count). The highest BCUT2D eigenvalue weighted by Crippen LogP contribution is 2.32. The van der Waals surface area contributed by atoms with Gasteiger partial charge in [0.2, 0.25) is 0 Å². The van der Waals surface area contributed by atoms with Crippen molar-refractivity contribution in [1.29, 1.82) is 0 Å². The summed E-state index contributed by atoms with van der Waals surface area (Å²) in [6.07, 6.45) is 1.67. The molecule has 2 heterocycles. The van der Waals surface area contributed by atoms with E-state index in [1.54, 1.807) is 0 Å². The van der Waals surface area contributed by atoms with Crippen molar-refractivity contribution in [1.82, 2.24) is 14.5 Å². The molecule has 1 aromatic rings. The van der Waals surface area contributed by atoms with Gasteiger partial charge in [0.15, 0.2) is 5.82 Å². The zero-order valence-corrected chi connectivity index (χ0v) is 12.9.